The number of hydrogen-bond acceptors (Lipinski definition) is 3. The number of sulfonamides is 1. The highest BCUT2D eigenvalue weighted by atomic mass is 32.2. The van der Waals surface area contributed by atoms with Crippen LogP contribution in [-0.4, -0.2) is 32.5 Å². The predicted octanol–water partition coefficient (Wildman–Crippen LogP) is 2.19. The number of benzene rings is 1. The van der Waals surface area contributed by atoms with E-state index in [-0.39, 0.29) is 0 Å². The van der Waals surface area contributed by atoms with Crippen molar-refractivity contribution in [3.05, 3.63) is 24.3 Å². The maximum Gasteiger partial charge on any atom is 0.243 e. The first-order chi connectivity index (χ1) is 8.14. The van der Waals surface area contributed by atoms with Gasteiger partial charge in [-0.1, -0.05) is 6.42 Å². The molecule has 0 atom stereocenters. The lowest BCUT2D eigenvalue weighted by Gasteiger charge is -2.25. The van der Waals surface area contributed by atoms with Gasteiger partial charge in [0.15, 0.2) is 0 Å². The molecule has 0 N–H and O–H groups in total. The Balaban J connectivity index is 2.26. The molecule has 1 aliphatic rings. The standard InChI is InChI=1S/C12H16N2O2S/c1-13-11-5-7-12(8-6-11)17(15,16)14-9-3-2-4-10-14/h5-8H,1-4,9-10H2. The summed E-state index contributed by atoms with van der Waals surface area (Å²) < 4.78 is 26.1. The molecule has 0 amide bonds. The maximum atomic E-state index is 12.3. The van der Waals surface area contributed by atoms with Crippen molar-refractivity contribution in [2.75, 3.05) is 13.1 Å². The second-order valence-corrected chi connectivity index (χ2v) is 6.05. The van der Waals surface area contributed by atoms with Gasteiger partial charge in [0, 0.05) is 13.1 Å². The van der Waals surface area contributed by atoms with Crippen molar-refractivity contribution in [1.29, 1.82) is 0 Å². The summed E-state index contributed by atoms with van der Waals surface area (Å²) in [5.41, 5.74) is 0.683. The second-order valence-electron chi connectivity index (χ2n) is 4.12. The Labute approximate surface area is 102 Å². The summed E-state index contributed by atoms with van der Waals surface area (Å²) in [4.78, 5) is 4.09. The molecule has 0 aliphatic carbocycles. The molecule has 0 unspecified atom stereocenters. The molecule has 17 heavy (non-hydrogen) atoms. The van der Waals surface area contributed by atoms with Crippen LogP contribution in [-0.2, 0) is 10.0 Å². The van der Waals surface area contributed by atoms with Gasteiger partial charge in [0.2, 0.25) is 10.0 Å². The highest BCUT2D eigenvalue weighted by Crippen LogP contribution is 2.22. The van der Waals surface area contributed by atoms with Crippen molar-refractivity contribution in [1.82, 2.24) is 4.31 Å². The molecule has 4 nitrogen and oxygen atoms in total. The van der Waals surface area contributed by atoms with Gasteiger partial charge in [0.25, 0.3) is 0 Å². The summed E-state index contributed by atoms with van der Waals surface area (Å²) >= 11 is 0. The lowest BCUT2D eigenvalue weighted by molar-refractivity contribution is 0.346. The normalized spacial score (nSPS) is 17.9. The van der Waals surface area contributed by atoms with Gasteiger partial charge in [-0.15, -0.1) is 0 Å². The molecule has 0 saturated carbocycles. The first-order valence-corrected chi connectivity index (χ1v) is 7.15. The third-order valence-electron chi connectivity index (χ3n) is 2.97. The van der Waals surface area contributed by atoms with Gasteiger partial charge in [-0.05, 0) is 43.8 Å². The third kappa shape index (κ3) is 2.56. The third-order valence-corrected chi connectivity index (χ3v) is 4.88. The van der Waals surface area contributed by atoms with E-state index in [0.29, 0.717) is 23.7 Å². The molecular formula is C12H16N2O2S. The largest absolute Gasteiger partial charge is 0.265 e. The van der Waals surface area contributed by atoms with E-state index in [9.17, 15) is 8.42 Å². The van der Waals surface area contributed by atoms with Crippen LogP contribution in [0.5, 0.6) is 0 Å². The molecule has 5 heteroatoms. The minimum absolute atomic E-state index is 0.340. The summed E-state index contributed by atoms with van der Waals surface area (Å²) in [6.07, 6.45) is 3.02. The number of hydrogen-bond donors (Lipinski definition) is 0. The van der Waals surface area contributed by atoms with E-state index in [2.05, 4.69) is 11.7 Å². The Morgan fingerprint density at radius 2 is 1.65 bits per heavy atom. The highest BCUT2D eigenvalue weighted by Gasteiger charge is 2.25. The summed E-state index contributed by atoms with van der Waals surface area (Å²) in [5.74, 6) is 0. The minimum atomic E-state index is -3.32. The van der Waals surface area contributed by atoms with Crippen LogP contribution in [0.3, 0.4) is 0 Å². The van der Waals surface area contributed by atoms with Crippen molar-refractivity contribution < 1.29 is 8.42 Å². The Bertz CT molecular complexity index is 488. The zero-order chi connectivity index (χ0) is 12.3. The fraction of sp³-hybridized carbons (Fsp3) is 0.417. The maximum absolute atomic E-state index is 12.3. The van der Waals surface area contributed by atoms with Gasteiger partial charge < -0.3 is 0 Å². The number of aliphatic imine (C=N–C) groups is 1. The lowest BCUT2D eigenvalue weighted by atomic mass is 10.2. The number of nitrogens with zero attached hydrogens (tertiary/aromatic N) is 2. The highest BCUT2D eigenvalue weighted by molar-refractivity contribution is 7.89. The average molecular weight is 252 g/mol. The van der Waals surface area contributed by atoms with E-state index in [1.807, 2.05) is 0 Å². The first-order valence-electron chi connectivity index (χ1n) is 5.71. The van der Waals surface area contributed by atoms with Crippen molar-refractivity contribution in [2.24, 2.45) is 4.99 Å². The van der Waals surface area contributed by atoms with E-state index in [1.165, 1.54) is 0 Å². The summed E-state index contributed by atoms with van der Waals surface area (Å²) in [6, 6.07) is 6.52. The summed E-state index contributed by atoms with van der Waals surface area (Å²) in [5, 5.41) is 0. The molecule has 1 aromatic carbocycles. The summed E-state index contributed by atoms with van der Waals surface area (Å²) in [6.45, 7) is 4.66. The van der Waals surface area contributed by atoms with Crippen LogP contribution in [0.15, 0.2) is 34.2 Å². The molecule has 0 radical (unpaired) electrons. The monoisotopic (exact) mass is 252 g/mol. The minimum Gasteiger partial charge on any atom is -0.265 e. The number of piperidine rings is 1. The van der Waals surface area contributed by atoms with Gasteiger partial charge in [0.1, 0.15) is 0 Å². The van der Waals surface area contributed by atoms with Crippen LogP contribution in [0.1, 0.15) is 19.3 Å². The summed E-state index contributed by atoms with van der Waals surface area (Å²) in [7, 11) is -3.32. The Morgan fingerprint density at radius 1 is 1.06 bits per heavy atom. The quantitative estimate of drug-likeness (QED) is 0.774. The van der Waals surface area contributed by atoms with Crippen LogP contribution < -0.4 is 0 Å². The SMILES string of the molecule is C=Nc1ccc(S(=O)(=O)N2CCCCC2)cc1. The Hall–Kier alpha value is -1.20. The van der Waals surface area contributed by atoms with E-state index >= 15 is 0 Å². The Morgan fingerprint density at radius 3 is 2.18 bits per heavy atom. The molecule has 92 valence electrons. The fourth-order valence-corrected chi connectivity index (χ4v) is 3.49. The van der Waals surface area contributed by atoms with Gasteiger partial charge in [0.05, 0.1) is 10.6 Å². The first kappa shape index (κ1) is 12.3. The van der Waals surface area contributed by atoms with Crippen LogP contribution in [0.25, 0.3) is 0 Å². The molecule has 1 aliphatic heterocycles. The smallest absolute Gasteiger partial charge is 0.243 e. The van der Waals surface area contributed by atoms with Crippen molar-refractivity contribution >= 4 is 22.4 Å². The van der Waals surface area contributed by atoms with E-state index < -0.39 is 10.0 Å². The zero-order valence-corrected chi connectivity index (χ0v) is 10.5. The molecule has 0 spiro atoms. The predicted molar refractivity (Wildman–Crippen MR) is 68.3 cm³/mol. The zero-order valence-electron chi connectivity index (χ0n) is 9.67. The molecule has 1 saturated heterocycles. The average Bonchev–Trinajstić information content (AvgIpc) is 2.40. The van der Waals surface area contributed by atoms with Crippen molar-refractivity contribution in [3.63, 3.8) is 0 Å². The molecule has 0 bridgehead atoms. The van der Waals surface area contributed by atoms with Crippen LogP contribution in [0.2, 0.25) is 0 Å². The molecule has 0 aromatic heterocycles. The number of rotatable bonds is 3. The lowest BCUT2D eigenvalue weighted by Crippen LogP contribution is -2.35. The van der Waals surface area contributed by atoms with Crippen LogP contribution in [0.4, 0.5) is 5.69 Å². The van der Waals surface area contributed by atoms with Gasteiger partial charge in [-0.25, -0.2) is 8.42 Å². The molecule has 1 heterocycles. The second kappa shape index (κ2) is 4.98. The Kier molecular flexibility index (Phi) is 3.59. The van der Waals surface area contributed by atoms with E-state index in [4.69, 9.17) is 0 Å². The van der Waals surface area contributed by atoms with Gasteiger partial charge in [-0.3, -0.25) is 4.99 Å². The topological polar surface area (TPSA) is 49.7 Å². The molecule has 1 aromatic rings. The fourth-order valence-electron chi connectivity index (χ4n) is 1.98. The van der Waals surface area contributed by atoms with Crippen molar-refractivity contribution in [2.45, 2.75) is 24.2 Å². The van der Waals surface area contributed by atoms with Gasteiger partial charge >= 0.3 is 0 Å². The van der Waals surface area contributed by atoms with E-state index in [0.717, 1.165) is 19.3 Å². The molecular weight excluding hydrogens is 236 g/mol. The molecule has 1 fully saturated rings. The van der Waals surface area contributed by atoms with Gasteiger partial charge in [-0.2, -0.15) is 4.31 Å². The van der Waals surface area contributed by atoms with E-state index in [1.54, 1.807) is 28.6 Å². The molecule has 2 rings (SSSR count). The van der Waals surface area contributed by atoms with Crippen LogP contribution >= 0.6 is 0 Å². The van der Waals surface area contributed by atoms with Crippen LogP contribution in [0, 0.1) is 0 Å². The van der Waals surface area contributed by atoms with Crippen molar-refractivity contribution in [3.8, 4) is 0 Å².